The molecule has 144 valence electrons. The fraction of sp³-hybridized carbons (Fsp3) is 0. The highest BCUT2D eigenvalue weighted by molar-refractivity contribution is 6.46. The van der Waals surface area contributed by atoms with Gasteiger partial charge in [0, 0.05) is 5.56 Å². The van der Waals surface area contributed by atoms with Gasteiger partial charge in [-0.2, -0.15) is 5.10 Å². The molecule has 0 spiro atoms. The lowest BCUT2D eigenvalue weighted by Gasteiger charge is -2.09. The number of pyridine rings is 1. The number of nitrogens with two attached hydrogens (primary N) is 1. The Labute approximate surface area is 181 Å². The molecule has 0 atom stereocenters. The molecule has 0 saturated heterocycles. The molecule has 8 heteroatoms. The molecular weight excluding hydrogens is 431 g/mol. The second-order valence-electron chi connectivity index (χ2n) is 6.22. The van der Waals surface area contributed by atoms with Crippen molar-refractivity contribution in [3.05, 3.63) is 81.1 Å². The van der Waals surface area contributed by atoms with Crippen LogP contribution in [-0.2, 0) is 0 Å². The van der Waals surface area contributed by atoms with E-state index >= 15 is 0 Å². The van der Waals surface area contributed by atoms with Gasteiger partial charge in [-0.05, 0) is 27.6 Å². The average Bonchev–Trinajstić information content (AvgIpc) is 2.74. The molecule has 3 N–H and O–H groups in total. The second-order valence-corrected chi connectivity index (χ2v) is 7.34. The molecule has 0 aliphatic rings. The zero-order valence-electron chi connectivity index (χ0n) is 14.8. The van der Waals surface area contributed by atoms with E-state index in [1.54, 1.807) is 6.21 Å². The van der Waals surface area contributed by atoms with Crippen molar-refractivity contribution in [2.45, 2.75) is 0 Å². The van der Waals surface area contributed by atoms with Gasteiger partial charge in [-0.15, -0.1) is 0 Å². The first-order valence-electron chi connectivity index (χ1n) is 8.51. The van der Waals surface area contributed by atoms with Gasteiger partial charge in [0.25, 0.3) is 5.91 Å². The van der Waals surface area contributed by atoms with E-state index in [0.29, 0.717) is 0 Å². The largest absolute Gasteiger partial charge is 0.396 e. The van der Waals surface area contributed by atoms with Crippen LogP contribution in [0, 0.1) is 0 Å². The molecule has 1 amide bonds. The van der Waals surface area contributed by atoms with Crippen molar-refractivity contribution >= 4 is 74.2 Å². The number of anilines is 1. The summed E-state index contributed by atoms with van der Waals surface area (Å²) in [6, 6.07) is 18.0. The van der Waals surface area contributed by atoms with Crippen molar-refractivity contribution < 1.29 is 4.79 Å². The number of carbonyl (C=O) groups is 1. The minimum Gasteiger partial charge on any atom is -0.396 e. The standard InChI is InChI=1S/C21H13Cl3N4O/c22-16-18(25)17(23)20(24)27-19(16)21(29)28-26-10-15-13-7-3-1-5-11(13)9-12-6-2-4-8-14(12)15/h1-10H,(H2,25,27)(H,28,29). The van der Waals surface area contributed by atoms with Crippen LogP contribution in [-0.4, -0.2) is 17.1 Å². The predicted octanol–water partition coefficient (Wildman–Crippen LogP) is 5.69. The number of nitrogens with one attached hydrogen (secondary N) is 1. The van der Waals surface area contributed by atoms with Gasteiger partial charge in [-0.25, -0.2) is 10.4 Å². The molecule has 0 fully saturated rings. The van der Waals surface area contributed by atoms with E-state index in [2.05, 4.69) is 21.6 Å². The van der Waals surface area contributed by atoms with Crippen LogP contribution in [0.4, 0.5) is 5.69 Å². The maximum atomic E-state index is 12.5. The van der Waals surface area contributed by atoms with Gasteiger partial charge in [0.15, 0.2) is 10.8 Å². The Kier molecular flexibility index (Phi) is 5.28. The Morgan fingerprint density at radius 2 is 1.55 bits per heavy atom. The maximum absolute atomic E-state index is 12.5. The molecule has 1 heterocycles. The summed E-state index contributed by atoms with van der Waals surface area (Å²) in [6.07, 6.45) is 1.59. The summed E-state index contributed by atoms with van der Waals surface area (Å²) in [5, 5.41) is 8.08. The highest BCUT2D eigenvalue weighted by Crippen LogP contribution is 2.34. The molecule has 0 bridgehead atoms. The van der Waals surface area contributed by atoms with E-state index in [9.17, 15) is 4.79 Å². The van der Waals surface area contributed by atoms with Crippen LogP contribution in [0.1, 0.15) is 16.1 Å². The summed E-state index contributed by atoms with van der Waals surface area (Å²) in [7, 11) is 0. The smallest absolute Gasteiger partial charge is 0.291 e. The zero-order chi connectivity index (χ0) is 20.5. The van der Waals surface area contributed by atoms with Crippen LogP contribution in [0.2, 0.25) is 15.2 Å². The monoisotopic (exact) mass is 442 g/mol. The highest BCUT2D eigenvalue weighted by atomic mass is 35.5. The number of halogens is 3. The fourth-order valence-corrected chi connectivity index (χ4v) is 3.67. The minimum absolute atomic E-state index is 0.000979. The molecule has 3 aromatic carbocycles. The molecular formula is C21H13Cl3N4O. The summed E-state index contributed by atoms with van der Waals surface area (Å²) in [6.45, 7) is 0. The van der Waals surface area contributed by atoms with Crippen molar-refractivity contribution in [2.75, 3.05) is 5.73 Å². The summed E-state index contributed by atoms with van der Waals surface area (Å²) in [5.74, 6) is -0.652. The van der Waals surface area contributed by atoms with E-state index in [1.807, 2.05) is 48.5 Å². The van der Waals surface area contributed by atoms with Gasteiger partial charge in [0.05, 0.1) is 16.9 Å². The van der Waals surface area contributed by atoms with Crippen molar-refractivity contribution in [3.63, 3.8) is 0 Å². The van der Waals surface area contributed by atoms with Gasteiger partial charge in [-0.3, -0.25) is 4.79 Å². The molecule has 0 aliphatic carbocycles. The first-order valence-corrected chi connectivity index (χ1v) is 9.64. The van der Waals surface area contributed by atoms with Crippen molar-refractivity contribution in [2.24, 2.45) is 5.10 Å². The third-order valence-electron chi connectivity index (χ3n) is 4.46. The quantitative estimate of drug-likeness (QED) is 0.185. The number of hydrogen-bond acceptors (Lipinski definition) is 4. The number of nitrogens with zero attached hydrogens (tertiary/aromatic N) is 2. The van der Waals surface area contributed by atoms with Crippen LogP contribution >= 0.6 is 34.8 Å². The van der Waals surface area contributed by atoms with Crippen molar-refractivity contribution in [1.82, 2.24) is 10.4 Å². The Hall–Kier alpha value is -2.86. The van der Waals surface area contributed by atoms with E-state index in [4.69, 9.17) is 40.5 Å². The van der Waals surface area contributed by atoms with E-state index in [1.165, 1.54) is 0 Å². The normalized spacial score (nSPS) is 11.4. The summed E-state index contributed by atoms with van der Waals surface area (Å²) in [4.78, 5) is 16.4. The fourth-order valence-electron chi connectivity index (χ4n) is 3.08. The number of fused-ring (bicyclic) bond motifs is 2. The first-order chi connectivity index (χ1) is 14.0. The van der Waals surface area contributed by atoms with Gasteiger partial charge in [0.1, 0.15) is 5.02 Å². The predicted molar refractivity (Wildman–Crippen MR) is 120 cm³/mol. The molecule has 0 saturated carbocycles. The van der Waals surface area contributed by atoms with Crippen molar-refractivity contribution in [1.29, 1.82) is 0 Å². The summed E-state index contributed by atoms with van der Waals surface area (Å²) in [5.41, 5.74) is 8.89. The van der Waals surface area contributed by atoms with Crippen LogP contribution in [0.25, 0.3) is 21.5 Å². The second kappa shape index (κ2) is 7.87. The van der Waals surface area contributed by atoms with Crippen LogP contribution in [0.15, 0.2) is 59.7 Å². The number of hydrogen-bond donors (Lipinski definition) is 2. The van der Waals surface area contributed by atoms with Crippen LogP contribution < -0.4 is 11.2 Å². The van der Waals surface area contributed by atoms with Gasteiger partial charge in [0.2, 0.25) is 0 Å². The SMILES string of the molecule is Nc1c(Cl)c(Cl)nc(C(=O)NN=Cc2c3ccccc3cc3ccccc23)c1Cl. The Balaban J connectivity index is 1.71. The molecule has 0 radical (unpaired) electrons. The van der Waals surface area contributed by atoms with E-state index in [-0.39, 0.29) is 26.6 Å². The van der Waals surface area contributed by atoms with Crippen LogP contribution in [0.5, 0.6) is 0 Å². The van der Waals surface area contributed by atoms with Gasteiger partial charge < -0.3 is 5.73 Å². The summed E-state index contributed by atoms with van der Waals surface area (Å²) < 4.78 is 0. The van der Waals surface area contributed by atoms with Gasteiger partial charge in [-0.1, -0.05) is 83.3 Å². The molecule has 0 unspecified atom stereocenters. The number of aromatic nitrogens is 1. The summed E-state index contributed by atoms with van der Waals surface area (Å²) >= 11 is 17.9. The third-order valence-corrected chi connectivity index (χ3v) is 5.60. The maximum Gasteiger partial charge on any atom is 0.291 e. The molecule has 4 rings (SSSR count). The number of amides is 1. The topological polar surface area (TPSA) is 80.4 Å². The lowest BCUT2D eigenvalue weighted by molar-refractivity contribution is 0.0950. The Morgan fingerprint density at radius 1 is 0.966 bits per heavy atom. The molecule has 1 aromatic heterocycles. The Bertz CT molecular complexity index is 1250. The molecule has 4 aromatic rings. The lowest BCUT2D eigenvalue weighted by atomic mass is 9.97. The van der Waals surface area contributed by atoms with E-state index < -0.39 is 5.91 Å². The average molecular weight is 444 g/mol. The first kappa shape index (κ1) is 19.5. The van der Waals surface area contributed by atoms with E-state index in [0.717, 1.165) is 27.1 Å². The Morgan fingerprint density at radius 3 is 2.17 bits per heavy atom. The molecule has 29 heavy (non-hydrogen) atoms. The molecule has 0 aliphatic heterocycles. The molecule has 5 nitrogen and oxygen atoms in total. The lowest BCUT2D eigenvalue weighted by Crippen LogP contribution is -2.20. The number of hydrazone groups is 1. The third kappa shape index (κ3) is 3.60. The number of benzene rings is 3. The van der Waals surface area contributed by atoms with Gasteiger partial charge >= 0.3 is 0 Å². The highest BCUT2D eigenvalue weighted by Gasteiger charge is 2.19. The minimum atomic E-state index is -0.652. The number of carbonyl (C=O) groups excluding carboxylic acids is 1. The van der Waals surface area contributed by atoms with Crippen LogP contribution in [0.3, 0.4) is 0 Å². The van der Waals surface area contributed by atoms with Crippen molar-refractivity contribution in [3.8, 4) is 0 Å². The number of nitrogen functional groups attached to an aromatic ring is 1. The zero-order valence-corrected chi connectivity index (χ0v) is 17.1. The number of rotatable bonds is 3.